The van der Waals surface area contributed by atoms with Gasteiger partial charge in [-0.05, 0) is 19.8 Å². The maximum atomic E-state index is 5.03. The molecule has 0 aliphatic rings. The van der Waals surface area contributed by atoms with Crippen LogP contribution in [0.1, 0.15) is 26.7 Å². The molecule has 0 fully saturated rings. The van der Waals surface area contributed by atoms with Crippen molar-refractivity contribution in [1.82, 2.24) is 5.01 Å². The summed E-state index contributed by atoms with van der Waals surface area (Å²) in [6.45, 7) is 8.54. The van der Waals surface area contributed by atoms with Crippen molar-refractivity contribution in [3.8, 4) is 0 Å². The van der Waals surface area contributed by atoms with Gasteiger partial charge in [0.05, 0.1) is 6.04 Å². The summed E-state index contributed by atoms with van der Waals surface area (Å²) in [6.07, 6.45) is 5.56. The van der Waals surface area contributed by atoms with Gasteiger partial charge < -0.3 is 4.74 Å². The number of rotatable bonds is 7. The highest BCUT2D eigenvalue weighted by Gasteiger charge is 2.10. The predicted octanol–water partition coefficient (Wildman–Crippen LogP) is 2.25. The zero-order valence-electron chi connectivity index (χ0n) is 8.86. The van der Waals surface area contributed by atoms with Crippen molar-refractivity contribution in [2.24, 2.45) is 5.10 Å². The Labute approximate surface area is 81.1 Å². The molecule has 0 saturated heterocycles. The van der Waals surface area contributed by atoms with E-state index in [1.54, 1.807) is 19.5 Å². The van der Waals surface area contributed by atoms with E-state index in [1.807, 2.05) is 11.9 Å². The van der Waals surface area contributed by atoms with Crippen LogP contribution in [0.25, 0.3) is 0 Å². The van der Waals surface area contributed by atoms with Crippen molar-refractivity contribution in [3.63, 3.8) is 0 Å². The number of hydrogen-bond acceptors (Lipinski definition) is 3. The van der Waals surface area contributed by atoms with Gasteiger partial charge in [0.15, 0.2) is 0 Å². The summed E-state index contributed by atoms with van der Waals surface area (Å²) in [6, 6.07) is 0.397. The van der Waals surface area contributed by atoms with Crippen LogP contribution in [-0.2, 0) is 4.74 Å². The van der Waals surface area contributed by atoms with Gasteiger partial charge in [-0.25, -0.2) is 0 Å². The normalized spacial score (nSPS) is 13.2. The summed E-state index contributed by atoms with van der Waals surface area (Å²) in [7, 11) is 1.72. The first-order chi connectivity index (χ1) is 6.29. The zero-order valence-corrected chi connectivity index (χ0v) is 8.86. The number of ether oxygens (including phenoxy) is 1. The fourth-order valence-corrected chi connectivity index (χ4v) is 1.20. The quantitative estimate of drug-likeness (QED) is 0.448. The molecule has 3 nitrogen and oxygen atoms in total. The summed E-state index contributed by atoms with van der Waals surface area (Å²) in [5.41, 5.74) is 0. The maximum absolute atomic E-state index is 5.03. The van der Waals surface area contributed by atoms with Crippen LogP contribution in [0.4, 0.5) is 0 Å². The van der Waals surface area contributed by atoms with E-state index in [0.29, 0.717) is 6.04 Å². The summed E-state index contributed by atoms with van der Waals surface area (Å²) in [5.74, 6) is 0. The minimum atomic E-state index is 0.397. The number of methoxy groups -OCH3 is 1. The third-order valence-corrected chi connectivity index (χ3v) is 1.94. The van der Waals surface area contributed by atoms with Gasteiger partial charge in [0.2, 0.25) is 0 Å². The lowest BCUT2D eigenvalue weighted by Crippen LogP contribution is -2.26. The standard InChI is InChI=1S/C10H20N2O/c1-5-10(8-9-13-4)12(7-3)11-6-2/h6-7,10H,3,5,8-9H2,1-2,4H3/b11-6-. The van der Waals surface area contributed by atoms with Crippen LogP contribution in [0, 0.1) is 0 Å². The van der Waals surface area contributed by atoms with E-state index in [2.05, 4.69) is 18.6 Å². The Balaban J connectivity index is 4.07. The van der Waals surface area contributed by atoms with E-state index < -0.39 is 0 Å². The summed E-state index contributed by atoms with van der Waals surface area (Å²) >= 11 is 0. The van der Waals surface area contributed by atoms with Crippen molar-refractivity contribution in [3.05, 3.63) is 12.8 Å². The van der Waals surface area contributed by atoms with E-state index in [9.17, 15) is 0 Å². The second kappa shape index (κ2) is 7.80. The first-order valence-electron chi connectivity index (χ1n) is 4.68. The van der Waals surface area contributed by atoms with E-state index in [1.165, 1.54) is 0 Å². The molecule has 0 aliphatic heterocycles. The molecule has 0 amide bonds. The molecule has 0 aromatic heterocycles. The molecule has 1 atom stereocenters. The molecule has 1 unspecified atom stereocenters. The first-order valence-corrected chi connectivity index (χ1v) is 4.68. The van der Waals surface area contributed by atoms with Crippen molar-refractivity contribution < 1.29 is 4.74 Å². The molecule has 0 aliphatic carbocycles. The van der Waals surface area contributed by atoms with Gasteiger partial charge >= 0.3 is 0 Å². The molecule has 0 rings (SSSR count). The lowest BCUT2D eigenvalue weighted by atomic mass is 10.1. The fraction of sp³-hybridized carbons (Fsp3) is 0.700. The minimum Gasteiger partial charge on any atom is -0.385 e. The van der Waals surface area contributed by atoms with Crippen molar-refractivity contribution in [2.75, 3.05) is 13.7 Å². The Morgan fingerprint density at radius 1 is 1.62 bits per heavy atom. The number of hydrogen-bond donors (Lipinski definition) is 0. The average molecular weight is 184 g/mol. The van der Waals surface area contributed by atoms with Crippen LogP contribution in [0.3, 0.4) is 0 Å². The van der Waals surface area contributed by atoms with Gasteiger partial charge in [0.1, 0.15) is 0 Å². The highest BCUT2D eigenvalue weighted by molar-refractivity contribution is 5.52. The van der Waals surface area contributed by atoms with E-state index in [4.69, 9.17) is 4.74 Å². The monoisotopic (exact) mass is 184 g/mol. The fourth-order valence-electron chi connectivity index (χ4n) is 1.20. The second-order valence-electron chi connectivity index (χ2n) is 2.78. The van der Waals surface area contributed by atoms with Crippen LogP contribution in [-0.4, -0.2) is 31.0 Å². The molecule has 3 heteroatoms. The predicted molar refractivity (Wildman–Crippen MR) is 56.8 cm³/mol. The van der Waals surface area contributed by atoms with Crippen LogP contribution in [0.15, 0.2) is 17.9 Å². The molecule has 76 valence electrons. The van der Waals surface area contributed by atoms with Crippen LogP contribution >= 0.6 is 0 Å². The van der Waals surface area contributed by atoms with Crippen LogP contribution < -0.4 is 0 Å². The molecule has 0 bridgehead atoms. The van der Waals surface area contributed by atoms with Crippen LogP contribution in [0.2, 0.25) is 0 Å². The molecule has 0 aromatic carbocycles. The molecule has 0 aromatic rings. The van der Waals surface area contributed by atoms with Gasteiger partial charge in [-0.1, -0.05) is 13.5 Å². The topological polar surface area (TPSA) is 24.8 Å². The largest absolute Gasteiger partial charge is 0.385 e. The lowest BCUT2D eigenvalue weighted by molar-refractivity contribution is 0.155. The number of nitrogens with zero attached hydrogens (tertiary/aromatic N) is 2. The molecular weight excluding hydrogens is 164 g/mol. The molecule has 0 saturated carbocycles. The zero-order chi connectivity index (χ0) is 10.1. The average Bonchev–Trinajstić information content (AvgIpc) is 2.17. The van der Waals surface area contributed by atoms with Gasteiger partial charge in [0, 0.05) is 26.1 Å². The SMILES string of the molecule is C=CN(/N=C\C)C(CC)CCOC. The Morgan fingerprint density at radius 3 is 2.69 bits per heavy atom. The lowest BCUT2D eigenvalue weighted by Gasteiger charge is -2.24. The highest BCUT2D eigenvalue weighted by atomic mass is 16.5. The third kappa shape index (κ3) is 4.68. The van der Waals surface area contributed by atoms with E-state index in [0.717, 1.165) is 19.4 Å². The molecule has 0 spiro atoms. The van der Waals surface area contributed by atoms with Gasteiger partial charge in [-0.2, -0.15) is 5.10 Å². The Morgan fingerprint density at radius 2 is 2.31 bits per heavy atom. The third-order valence-electron chi connectivity index (χ3n) is 1.94. The highest BCUT2D eigenvalue weighted by Crippen LogP contribution is 2.09. The summed E-state index contributed by atoms with van der Waals surface area (Å²) in [5, 5.41) is 6.09. The minimum absolute atomic E-state index is 0.397. The van der Waals surface area contributed by atoms with Gasteiger partial charge in [0.25, 0.3) is 0 Å². The molecular formula is C10H20N2O. The molecule has 13 heavy (non-hydrogen) atoms. The van der Waals surface area contributed by atoms with Gasteiger partial charge in [-0.15, -0.1) is 0 Å². The Hall–Kier alpha value is -0.830. The molecule has 0 heterocycles. The van der Waals surface area contributed by atoms with E-state index >= 15 is 0 Å². The van der Waals surface area contributed by atoms with Crippen LogP contribution in [0.5, 0.6) is 0 Å². The first kappa shape index (κ1) is 12.2. The molecule has 0 radical (unpaired) electrons. The number of hydrazone groups is 1. The summed E-state index contributed by atoms with van der Waals surface area (Å²) in [4.78, 5) is 0. The summed E-state index contributed by atoms with van der Waals surface area (Å²) < 4.78 is 5.03. The van der Waals surface area contributed by atoms with E-state index in [-0.39, 0.29) is 0 Å². The Kier molecular flexibility index (Phi) is 7.30. The van der Waals surface area contributed by atoms with Crippen molar-refractivity contribution in [1.29, 1.82) is 0 Å². The van der Waals surface area contributed by atoms with Crippen molar-refractivity contribution in [2.45, 2.75) is 32.7 Å². The van der Waals surface area contributed by atoms with Crippen molar-refractivity contribution >= 4 is 6.21 Å². The smallest absolute Gasteiger partial charge is 0.0538 e. The van der Waals surface area contributed by atoms with Gasteiger partial charge in [-0.3, -0.25) is 5.01 Å². The molecule has 0 N–H and O–H groups in total. The second-order valence-corrected chi connectivity index (χ2v) is 2.78. The Bertz CT molecular complexity index is 157. The maximum Gasteiger partial charge on any atom is 0.0538 e.